The van der Waals surface area contributed by atoms with Gasteiger partial charge in [-0.1, -0.05) is 35.5 Å². The largest absolute Gasteiger partial charge is 0.375 e. The fraction of sp³-hybridized carbons (Fsp3) is 0.429. The predicted octanol–water partition coefficient (Wildman–Crippen LogP) is 2.14. The number of halogens is 2. The molecule has 1 atom stereocenters. The van der Waals surface area contributed by atoms with Crippen LogP contribution in [0.15, 0.2) is 34.9 Å². The second-order valence-corrected chi connectivity index (χ2v) is 4.56. The van der Waals surface area contributed by atoms with E-state index in [2.05, 4.69) is 10.1 Å². The molecule has 0 aliphatic rings. The Morgan fingerprint density at radius 3 is 2.71 bits per heavy atom. The molecule has 21 heavy (non-hydrogen) atoms. The highest BCUT2D eigenvalue weighted by atomic mass is 19.3. The molecule has 0 amide bonds. The Balaban J connectivity index is 1.81. The zero-order valence-corrected chi connectivity index (χ0v) is 11.4. The molecule has 2 aromatic rings. The summed E-state index contributed by atoms with van der Waals surface area (Å²) in [6, 6.07) is 9.34. The lowest BCUT2D eigenvalue weighted by Crippen LogP contribution is -2.14. The predicted molar refractivity (Wildman–Crippen MR) is 71.9 cm³/mol. The SMILES string of the molecule is NC(Cc1ccccc1)c1nc(CCOCC(F)F)no1. The van der Waals surface area contributed by atoms with Gasteiger partial charge in [-0.05, 0) is 12.0 Å². The number of alkyl halides is 2. The molecule has 0 bridgehead atoms. The van der Waals surface area contributed by atoms with Gasteiger partial charge in [0.25, 0.3) is 6.43 Å². The number of hydrogen-bond donors (Lipinski definition) is 1. The van der Waals surface area contributed by atoms with Gasteiger partial charge >= 0.3 is 0 Å². The van der Waals surface area contributed by atoms with Gasteiger partial charge in [0.1, 0.15) is 6.61 Å². The van der Waals surface area contributed by atoms with Crippen molar-refractivity contribution in [2.45, 2.75) is 25.3 Å². The second-order valence-electron chi connectivity index (χ2n) is 4.56. The van der Waals surface area contributed by atoms with Crippen LogP contribution in [0.2, 0.25) is 0 Å². The minimum absolute atomic E-state index is 0.122. The number of rotatable bonds is 8. The first-order valence-electron chi connectivity index (χ1n) is 6.63. The topological polar surface area (TPSA) is 74.2 Å². The number of aromatic nitrogens is 2. The van der Waals surface area contributed by atoms with Gasteiger partial charge in [-0.3, -0.25) is 0 Å². The first kappa shape index (κ1) is 15.5. The lowest BCUT2D eigenvalue weighted by atomic mass is 10.1. The highest BCUT2D eigenvalue weighted by Crippen LogP contribution is 2.14. The summed E-state index contributed by atoms with van der Waals surface area (Å²) >= 11 is 0. The van der Waals surface area contributed by atoms with Gasteiger partial charge in [-0.15, -0.1) is 0 Å². The zero-order valence-electron chi connectivity index (χ0n) is 11.4. The summed E-state index contributed by atoms with van der Waals surface area (Å²) in [5.74, 6) is 0.741. The summed E-state index contributed by atoms with van der Waals surface area (Å²) in [5, 5.41) is 3.76. The molecule has 5 nitrogen and oxygen atoms in total. The van der Waals surface area contributed by atoms with Gasteiger partial charge in [-0.2, -0.15) is 4.98 Å². The third-order valence-electron chi connectivity index (χ3n) is 2.81. The maximum atomic E-state index is 11.9. The Bertz CT molecular complexity index is 534. The molecule has 114 valence electrons. The van der Waals surface area contributed by atoms with Crippen molar-refractivity contribution in [1.82, 2.24) is 10.1 Å². The molecule has 1 aromatic heterocycles. The number of nitrogens with two attached hydrogens (primary N) is 1. The standard InChI is InChI=1S/C14H17F2N3O2/c15-12(16)9-20-7-6-13-18-14(21-19-13)11(17)8-10-4-2-1-3-5-10/h1-5,11-12H,6-9,17H2. The van der Waals surface area contributed by atoms with Gasteiger partial charge in [0.15, 0.2) is 5.82 Å². The zero-order chi connectivity index (χ0) is 15.1. The molecule has 7 heteroatoms. The highest BCUT2D eigenvalue weighted by Gasteiger charge is 2.15. The molecule has 2 N–H and O–H groups in total. The normalized spacial score (nSPS) is 12.8. The molecular formula is C14H17F2N3O2. The molecule has 1 aromatic carbocycles. The van der Waals surface area contributed by atoms with E-state index >= 15 is 0 Å². The van der Waals surface area contributed by atoms with Crippen LogP contribution in [0.25, 0.3) is 0 Å². The lowest BCUT2D eigenvalue weighted by Gasteiger charge is -2.06. The van der Waals surface area contributed by atoms with Crippen molar-refractivity contribution >= 4 is 0 Å². The maximum Gasteiger partial charge on any atom is 0.261 e. The van der Waals surface area contributed by atoms with E-state index in [9.17, 15) is 8.78 Å². The number of ether oxygens (including phenoxy) is 1. The Morgan fingerprint density at radius 1 is 1.24 bits per heavy atom. The van der Waals surface area contributed by atoms with Crippen molar-refractivity contribution in [3.05, 3.63) is 47.6 Å². The monoisotopic (exact) mass is 297 g/mol. The van der Waals surface area contributed by atoms with Crippen molar-refractivity contribution in [3.8, 4) is 0 Å². The third kappa shape index (κ3) is 5.20. The van der Waals surface area contributed by atoms with Crippen LogP contribution < -0.4 is 5.73 Å². The van der Waals surface area contributed by atoms with Crippen molar-refractivity contribution in [2.24, 2.45) is 5.73 Å². The Morgan fingerprint density at radius 2 is 2.00 bits per heavy atom. The van der Waals surface area contributed by atoms with E-state index in [1.807, 2.05) is 30.3 Å². The molecule has 1 heterocycles. The fourth-order valence-corrected chi connectivity index (χ4v) is 1.81. The quantitative estimate of drug-likeness (QED) is 0.756. The Hall–Kier alpha value is -1.86. The highest BCUT2D eigenvalue weighted by molar-refractivity contribution is 5.16. The molecule has 0 saturated heterocycles. The lowest BCUT2D eigenvalue weighted by molar-refractivity contribution is 0.0182. The first-order chi connectivity index (χ1) is 10.1. The van der Waals surface area contributed by atoms with E-state index in [0.29, 0.717) is 24.6 Å². The number of nitrogens with zero attached hydrogens (tertiary/aromatic N) is 2. The van der Waals surface area contributed by atoms with Crippen LogP contribution in [-0.2, 0) is 17.6 Å². The maximum absolute atomic E-state index is 11.9. The molecule has 0 aliphatic heterocycles. The van der Waals surface area contributed by atoms with Crippen molar-refractivity contribution in [2.75, 3.05) is 13.2 Å². The van der Waals surface area contributed by atoms with Gasteiger partial charge in [-0.25, -0.2) is 8.78 Å². The molecule has 1 unspecified atom stereocenters. The summed E-state index contributed by atoms with van der Waals surface area (Å²) in [5.41, 5.74) is 7.08. The van der Waals surface area contributed by atoms with E-state index in [-0.39, 0.29) is 6.61 Å². The average Bonchev–Trinajstić information content (AvgIpc) is 2.93. The summed E-state index contributed by atoms with van der Waals surface area (Å²) < 4.78 is 33.6. The average molecular weight is 297 g/mol. The molecule has 0 radical (unpaired) electrons. The second kappa shape index (κ2) is 7.80. The van der Waals surface area contributed by atoms with E-state index in [1.54, 1.807) is 0 Å². The van der Waals surface area contributed by atoms with E-state index in [0.717, 1.165) is 5.56 Å². The minimum Gasteiger partial charge on any atom is -0.375 e. The smallest absolute Gasteiger partial charge is 0.261 e. The van der Waals surface area contributed by atoms with E-state index in [4.69, 9.17) is 15.0 Å². The Labute approximate surface area is 121 Å². The van der Waals surface area contributed by atoms with Crippen LogP contribution in [0, 0.1) is 0 Å². The van der Waals surface area contributed by atoms with E-state index < -0.39 is 19.1 Å². The van der Waals surface area contributed by atoms with Gasteiger partial charge in [0.05, 0.1) is 12.6 Å². The Kier molecular flexibility index (Phi) is 5.77. The first-order valence-corrected chi connectivity index (χ1v) is 6.63. The van der Waals surface area contributed by atoms with Gasteiger partial charge in [0, 0.05) is 6.42 Å². The molecule has 0 spiro atoms. The molecular weight excluding hydrogens is 280 g/mol. The van der Waals surface area contributed by atoms with Crippen LogP contribution in [0.4, 0.5) is 8.78 Å². The van der Waals surface area contributed by atoms with Crippen LogP contribution >= 0.6 is 0 Å². The van der Waals surface area contributed by atoms with Crippen molar-refractivity contribution in [1.29, 1.82) is 0 Å². The number of benzene rings is 1. The van der Waals surface area contributed by atoms with Crippen LogP contribution in [-0.4, -0.2) is 29.8 Å². The van der Waals surface area contributed by atoms with Gasteiger partial charge < -0.3 is 15.0 Å². The molecule has 0 fully saturated rings. The van der Waals surface area contributed by atoms with Crippen LogP contribution in [0.3, 0.4) is 0 Å². The summed E-state index contributed by atoms with van der Waals surface area (Å²) in [6.45, 7) is -0.463. The molecule has 2 rings (SSSR count). The van der Waals surface area contributed by atoms with Crippen molar-refractivity contribution in [3.63, 3.8) is 0 Å². The fourth-order valence-electron chi connectivity index (χ4n) is 1.81. The summed E-state index contributed by atoms with van der Waals surface area (Å²) in [7, 11) is 0. The minimum atomic E-state index is -2.47. The van der Waals surface area contributed by atoms with Crippen molar-refractivity contribution < 1.29 is 18.0 Å². The summed E-state index contributed by atoms with van der Waals surface area (Å²) in [6.07, 6.45) is -1.57. The third-order valence-corrected chi connectivity index (χ3v) is 2.81. The molecule has 0 aliphatic carbocycles. The van der Waals surface area contributed by atoms with Gasteiger partial charge in [0.2, 0.25) is 5.89 Å². The molecule has 0 saturated carbocycles. The van der Waals surface area contributed by atoms with Crippen LogP contribution in [0.1, 0.15) is 23.3 Å². The van der Waals surface area contributed by atoms with E-state index in [1.165, 1.54) is 0 Å². The van der Waals surface area contributed by atoms with Crippen LogP contribution in [0.5, 0.6) is 0 Å². The summed E-state index contributed by atoms with van der Waals surface area (Å²) in [4.78, 5) is 4.15. The number of hydrogen-bond acceptors (Lipinski definition) is 5.